The predicted octanol–water partition coefficient (Wildman–Crippen LogP) is 6.11. The van der Waals surface area contributed by atoms with Crippen LogP contribution in [0.4, 0.5) is 0 Å². The maximum absolute atomic E-state index is 13.4. The molecule has 4 atom stereocenters. The molecule has 0 aromatic heterocycles. The first-order chi connectivity index (χ1) is 16.0. The molecule has 2 saturated carbocycles. The molecule has 0 aliphatic heterocycles. The zero-order chi connectivity index (χ0) is 23.5. The first kappa shape index (κ1) is 23.5. The van der Waals surface area contributed by atoms with Gasteiger partial charge < -0.3 is 9.47 Å². The minimum absolute atomic E-state index is 0.201. The fraction of sp³-hybridized carbons (Fsp3) is 0.517. The Morgan fingerprint density at radius 3 is 1.48 bits per heavy atom. The summed E-state index contributed by atoms with van der Waals surface area (Å²) in [6.07, 6.45) is 6.28. The van der Waals surface area contributed by atoms with Crippen molar-refractivity contribution in [1.29, 1.82) is 0 Å². The summed E-state index contributed by atoms with van der Waals surface area (Å²) >= 11 is 0. The number of hydrogen-bond donors (Lipinski definition) is 0. The number of benzene rings is 2. The maximum atomic E-state index is 13.4. The Labute approximate surface area is 197 Å². The van der Waals surface area contributed by atoms with Crippen molar-refractivity contribution in [2.24, 2.45) is 23.7 Å². The summed E-state index contributed by atoms with van der Waals surface area (Å²) in [6.45, 7) is 8.39. The first-order valence-corrected chi connectivity index (χ1v) is 12.7. The topological polar surface area (TPSA) is 52.6 Å². The molecule has 0 saturated heterocycles. The lowest BCUT2D eigenvalue weighted by Crippen LogP contribution is -2.39. The molecule has 0 spiro atoms. The predicted molar refractivity (Wildman–Crippen MR) is 129 cm³/mol. The van der Waals surface area contributed by atoms with Gasteiger partial charge in [0.2, 0.25) is 0 Å². The van der Waals surface area contributed by atoms with Crippen LogP contribution in [0.3, 0.4) is 0 Å². The van der Waals surface area contributed by atoms with Gasteiger partial charge in [0.05, 0.1) is 11.8 Å². The smallest absolute Gasteiger partial charge is 0.315 e. The van der Waals surface area contributed by atoms with Crippen LogP contribution >= 0.6 is 0 Å². The number of rotatable bonds is 8. The van der Waals surface area contributed by atoms with Gasteiger partial charge in [-0.2, -0.15) is 0 Å². The standard InChI is InChI=1S/C29H36O4/c1-5-18-11-9-13-24(22(18)7-3)32-28(30)26-20-15-16-21(17-20)27(26)29(31)33-25-14-10-12-19(6-2)23(25)8-4/h9-14,20-21,26-27H,5-8,15-17H2,1-4H3. The van der Waals surface area contributed by atoms with E-state index in [1.54, 1.807) is 0 Å². The van der Waals surface area contributed by atoms with Crippen molar-refractivity contribution in [1.82, 2.24) is 0 Å². The van der Waals surface area contributed by atoms with Gasteiger partial charge >= 0.3 is 11.9 Å². The highest BCUT2D eigenvalue weighted by Gasteiger charge is 2.55. The number of hydrogen-bond acceptors (Lipinski definition) is 4. The molecule has 33 heavy (non-hydrogen) atoms. The van der Waals surface area contributed by atoms with Crippen LogP contribution in [0.25, 0.3) is 0 Å². The number of carbonyl (C=O) groups excluding carboxylic acids is 2. The maximum Gasteiger partial charge on any atom is 0.315 e. The SMILES string of the molecule is CCc1cccc(OC(=O)C2C3CCC(C3)C2C(=O)Oc2cccc(CC)c2CC)c1CC. The summed E-state index contributed by atoms with van der Waals surface area (Å²) in [4.78, 5) is 26.9. The summed E-state index contributed by atoms with van der Waals surface area (Å²) < 4.78 is 12.0. The van der Waals surface area contributed by atoms with Crippen LogP contribution < -0.4 is 9.47 Å². The van der Waals surface area contributed by atoms with Crippen molar-refractivity contribution in [3.8, 4) is 11.5 Å². The molecule has 4 unspecified atom stereocenters. The van der Waals surface area contributed by atoms with E-state index < -0.39 is 11.8 Å². The zero-order valence-corrected chi connectivity index (χ0v) is 20.4. The van der Waals surface area contributed by atoms with Crippen molar-refractivity contribution in [3.05, 3.63) is 58.7 Å². The lowest BCUT2D eigenvalue weighted by Gasteiger charge is -2.28. The molecule has 2 fully saturated rings. The van der Waals surface area contributed by atoms with E-state index in [0.717, 1.165) is 56.1 Å². The first-order valence-electron chi connectivity index (χ1n) is 12.7. The molecule has 0 amide bonds. The molecule has 0 heterocycles. The van der Waals surface area contributed by atoms with Gasteiger partial charge in [-0.15, -0.1) is 0 Å². The molecule has 4 rings (SSSR count). The molecule has 176 valence electrons. The van der Waals surface area contributed by atoms with E-state index in [0.29, 0.717) is 11.5 Å². The van der Waals surface area contributed by atoms with Gasteiger partial charge in [-0.05, 0) is 91.2 Å². The van der Waals surface area contributed by atoms with Gasteiger partial charge in [-0.3, -0.25) is 9.59 Å². The van der Waals surface area contributed by atoms with Crippen molar-refractivity contribution < 1.29 is 19.1 Å². The monoisotopic (exact) mass is 448 g/mol. The van der Waals surface area contributed by atoms with Gasteiger partial charge in [-0.25, -0.2) is 0 Å². The van der Waals surface area contributed by atoms with E-state index in [1.807, 2.05) is 24.3 Å². The summed E-state index contributed by atoms with van der Waals surface area (Å²) in [6, 6.07) is 11.8. The van der Waals surface area contributed by atoms with Crippen LogP contribution in [0.1, 0.15) is 69.2 Å². The summed E-state index contributed by atoms with van der Waals surface area (Å²) in [5.74, 6) is 0.284. The highest BCUT2D eigenvalue weighted by atomic mass is 16.5. The Morgan fingerprint density at radius 1 is 0.697 bits per heavy atom. The molecule has 4 heteroatoms. The van der Waals surface area contributed by atoms with Gasteiger partial charge in [-0.1, -0.05) is 52.0 Å². The van der Waals surface area contributed by atoms with Crippen molar-refractivity contribution in [2.45, 2.75) is 72.6 Å². The molecular formula is C29H36O4. The van der Waals surface area contributed by atoms with Crippen molar-refractivity contribution in [3.63, 3.8) is 0 Å². The van der Waals surface area contributed by atoms with E-state index >= 15 is 0 Å². The fourth-order valence-corrected chi connectivity index (χ4v) is 6.20. The lowest BCUT2D eigenvalue weighted by molar-refractivity contribution is -0.153. The fourth-order valence-electron chi connectivity index (χ4n) is 6.20. The van der Waals surface area contributed by atoms with E-state index in [9.17, 15) is 9.59 Å². The van der Waals surface area contributed by atoms with Crippen LogP contribution in [-0.2, 0) is 35.3 Å². The molecule has 4 nitrogen and oxygen atoms in total. The number of aryl methyl sites for hydroxylation is 2. The minimum atomic E-state index is -0.425. The Hall–Kier alpha value is -2.62. The Kier molecular flexibility index (Phi) is 7.21. The molecule has 2 aliphatic carbocycles. The molecule has 2 aromatic carbocycles. The van der Waals surface area contributed by atoms with Crippen LogP contribution in [-0.4, -0.2) is 11.9 Å². The van der Waals surface area contributed by atoms with Crippen molar-refractivity contribution in [2.75, 3.05) is 0 Å². The molecular weight excluding hydrogens is 412 g/mol. The Balaban J connectivity index is 1.57. The third kappa shape index (κ3) is 4.45. The molecule has 2 bridgehead atoms. The average molecular weight is 449 g/mol. The number of ether oxygens (including phenoxy) is 2. The van der Waals surface area contributed by atoms with Gasteiger partial charge in [0.1, 0.15) is 11.5 Å². The third-order valence-electron chi connectivity index (χ3n) is 7.81. The Bertz CT molecular complexity index is 943. The van der Waals surface area contributed by atoms with Gasteiger partial charge in [0.15, 0.2) is 0 Å². The molecule has 0 radical (unpaired) electrons. The number of fused-ring (bicyclic) bond motifs is 2. The summed E-state index contributed by atoms with van der Waals surface area (Å²) in [7, 11) is 0. The third-order valence-corrected chi connectivity index (χ3v) is 7.81. The highest BCUT2D eigenvalue weighted by Crippen LogP contribution is 2.53. The second-order valence-corrected chi connectivity index (χ2v) is 9.43. The van der Waals surface area contributed by atoms with Crippen LogP contribution in [0, 0.1) is 23.7 Å². The normalized spacial score (nSPS) is 23.5. The summed E-state index contributed by atoms with van der Waals surface area (Å²) in [5.41, 5.74) is 4.57. The van der Waals surface area contributed by atoms with E-state index in [4.69, 9.17) is 9.47 Å². The van der Waals surface area contributed by atoms with Crippen LogP contribution in [0.2, 0.25) is 0 Å². The van der Waals surface area contributed by atoms with Crippen molar-refractivity contribution >= 4 is 11.9 Å². The van der Waals surface area contributed by atoms with Crippen LogP contribution in [0.15, 0.2) is 36.4 Å². The van der Waals surface area contributed by atoms with E-state index in [1.165, 1.54) is 11.1 Å². The number of carbonyl (C=O) groups is 2. The van der Waals surface area contributed by atoms with Gasteiger partial charge in [0, 0.05) is 0 Å². The Morgan fingerprint density at radius 2 is 1.12 bits per heavy atom. The second-order valence-electron chi connectivity index (χ2n) is 9.43. The quantitative estimate of drug-likeness (QED) is 0.361. The largest absolute Gasteiger partial charge is 0.426 e. The minimum Gasteiger partial charge on any atom is -0.426 e. The molecule has 2 aliphatic rings. The molecule has 2 aromatic rings. The van der Waals surface area contributed by atoms with Gasteiger partial charge in [0.25, 0.3) is 0 Å². The van der Waals surface area contributed by atoms with E-state index in [2.05, 4.69) is 39.8 Å². The highest BCUT2D eigenvalue weighted by molar-refractivity contribution is 5.86. The summed E-state index contributed by atoms with van der Waals surface area (Å²) in [5, 5.41) is 0. The van der Waals surface area contributed by atoms with E-state index in [-0.39, 0.29) is 23.8 Å². The number of esters is 2. The van der Waals surface area contributed by atoms with Crippen LogP contribution in [0.5, 0.6) is 11.5 Å². The zero-order valence-electron chi connectivity index (χ0n) is 20.4. The molecule has 0 N–H and O–H groups in total. The lowest BCUT2D eigenvalue weighted by atomic mass is 9.79. The second kappa shape index (κ2) is 10.1. The average Bonchev–Trinajstić information content (AvgIpc) is 3.45.